The summed E-state index contributed by atoms with van der Waals surface area (Å²) < 4.78 is 4.91. The van der Waals surface area contributed by atoms with E-state index in [9.17, 15) is 19.7 Å². The van der Waals surface area contributed by atoms with Crippen LogP contribution in [0.3, 0.4) is 0 Å². The topological polar surface area (TPSA) is 111 Å². The number of amides is 2. The fourth-order valence-corrected chi connectivity index (χ4v) is 1.83. The minimum Gasteiger partial charge on any atom is -0.444 e. The Morgan fingerprint density at radius 3 is 2.54 bits per heavy atom. The van der Waals surface area contributed by atoms with E-state index in [2.05, 4.69) is 10.6 Å². The third-order valence-electron chi connectivity index (χ3n) is 2.96. The molecule has 0 unspecified atom stereocenters. The average Bonchev–Trinajstić information content (AvgIpc) is 2.59. The van der Waals surface area contributed by atoms with Crippen molar-refractivity contribution >= 4 is 23.4 Å². The van der Waals surface area contributed by atoms with Gasteiger partial charge >= 0.3 is 6.09 Å². The van der Waals surface area contributed by atoms with Gasteiger partial charge in [-0.05, 0) is 11.6 Å². The highest BCUT2D eigenvalue weighted by Gasteiger charge is 2.10. The van der Waals surface area contributed by atoms with Gasteiger partial charge in [0.2, 0.25) is 5.91 Å². The Morgan fingerprint density at radius 1 is 1.08 bits per heavy atom. The van der Waals surface area contributed by atoms with Crippen LogP contribution >= 0.6 is 0 Å². The number of nitrogens with zero attached hydrogens (tertiary/aromatic N) is 1. The largest absolute Gasteiger partial charge is 0.444 e. The summed E-state index contributed by atoms with van der Waals surface area (Å²) in [5, 5.41) is 15.4. The number of benzene rings is 2. The van der Waals surface area contributed by atoms with Crippen LogP contribution in [0.25, 0.3) is 0 Å². The second-order valence-corrected chi connectivity index (χ2v) is 4.77. The van der Waals surface area contributed by atoms with Crippen LogP contribution in [0.4, 0.5) is 16.2 Å². The zero-order chi connectivity index (χ0) is 17.4. The Labute approximate surface area is 137 Å². The van der Waals surface area contributed by atoms with Crippen molar-refractivity contribution in [3.05, 3.63) is 70.3 Å². The molecule has 0 spiro atoms. The predicted octanol–water partition coefficient (Wildman–Crippen LogP) is 2.46. The fraction of sp³-hybridized carbons (Fsp3) is 0.125. The Kier molecular flexibility index (Phi) is 5.84. The number of carbonyl (C=O) groups excluding carboxylic acids is 2. The lowest BCUT2D eigenvalue weighted by Gasteiger charge is -2.08. The molecule has 124 valence electrons. The Bertz CT molecular complexity index is 734. The van der Waals surface area contributed by atoms with E-state index in [1.54, 1.807) is 18.2 Å². The summed E-state index contributed by atoms with van der Waals surface area (Å²) >= 11 is 0. The number of hydrogen-bond acceptors (Lipinski definition) is 6. The van der Waals surface area contributed by atoms with Gasteiger partial charge in [-0.1, -0.05) is 36.4 Å². The predicted molar refractivity (Wildman–Crippen MR) is 86.4 cm³/mol. The smallest absolute Gasteiger partial charge is 0.414 e. The summed E-state index contributed by atoms with van der Waals surface area (Å²) in [6.07, 6.45) is -0.857. The van der Waals surface area contributed by atoms with Crippen LogP contribution in [-0.2, 0) is 16.1 Å². The molecule has 0 aliphatic carbocycles. The maximum Gasteiger partial charge on any atom is 0.414 e. The third kappa shape index (κ3) is 5.41. The van der Waals surface area contributed by atoms with E-state index in [1.807, 2.05) is 18.2 Å². The minimum absolute atomic E-state index is 0.0538. The van der Waals surface area contributed by atoms with Gasteiger partial charge in [-0.25, -0.2) is 4.79 Å². The molecule has 0 atom stereocenters. The summed E-state index contributed by atoms with van der Waals surface area (Å²) in [7, 11) is 0. The van der Waals surface area contributed by atoms with Crippen LogP contribution < -0.4 is 10.6 Å². The highest BCUT2D eigenvalue weighted by Crippen LogP contribution is 2.16. The van der Waals surface area contributed by atoms with Gasteiger partial charge in [-0.2, -0.15) is 0 Å². The van der Waals surface area contributed by atoms with E-state index in [-0.39, 0.29) is 18.8 Å². The molecule has 0 aromatic heterocycles. The van der Waals surface area contributed by atoms with Gasteiger partial charge in [-0.3, -0.25) is 20.2 Å². The van der Waals surface area contributed by atoms with Crippen LogP contribution in [0.5, 0.6) is 0 Å². The monoisotopic (exact) mass is 329 g/mol. The summed E-state index contributed by atoms with van der Waals surface area (Å²) in [6, 6.07) is 14.7. The van der Waals surface area contributed by atoms with Crippen LogP contribution in [0.1, 0.15) is 5.56 Å². The standard InChI is InChI=1S/C16H15N3O5/c20-15(10-17-13-7-4-8-14(9-13)19(22)23)18-16(21)24-11-12-5-2-1-3-6-12/h1-9,17H,10-11H2,(H,18,20,21). The lowest BCUT2D eigenvalue weighted by molar-refractivity contribution is -0.384. The Balaban J connectivity index is 1.75. The van der Waals surface area contributed by atoms with E-state index in [0.717, 1.165) is 5.56 Å². The lowest BCUT2D eigenvalue weighted by Crippen LogP contribution is -2.35. The average molecular weight is 329 g/mol. The van der Waals surface area contributed by atoms with Crippen molar-refractivity contribution in [1.29, 1.82) is 0 Å². The summed E-state index contributed by atoms with van der Waals surface area (Å²) in [4.78, 5) is 33.3. The summed E-state index contributed by atoms with van der Waals surface area (Å²) in [5.74, 6) is -0.612. The van der Waals surface area contributed by atoms with Gasteiger partial charge in [0.15, 0.2) is 0 Å². The number of anilines is 1. The molecule has 0 saturated heterocycles. The molecule has 0 radical (unpaired) electrons. The molecule has 2 rings (SSSR count). The molecule has 24 heavy (non-hydrogen) atoms. The van der Waals surface area contributed by atoms with Crippen LogP contribution in [0.15, 0.2) is 54.6 Å². The van der Waals surface area contributed by atoms with Gasteiger partial charge in [0.25, 0.3) is 5.69 Å². The molecular weight excluding hydrogens is 314 g/mol. The van der Waals surface area contributed by atoms with Crippen molar-refractivity contribution in [2.24, 2.45) is 0 Å². The highest BCUT2D eigenvalue weighted by atomic mass is 16.6. The highest BCUT2D eigenvalue weighted by molar-refractivity contribution is 5.94. The summed E-state index contributed by atoms with van der Waals surface area (Å²) in [6.45, 7) is -0.167. The summed E-state index contributed by atoms with van der Waals surface area (Å²) in [5.41, 5.74) is 1.11. The molecule has 0 bridgehead atoms. The number of nitro groups is 1. The van der Waals surface area contributed by atoms with Gasteiger partial charge in [0, 0.05) is 17.8 Å². The fourth-order valence-electron chi connectivity index (χ4n) is 1.83. The van der Waals surface area contributed by atoms with Crippen LogP contribution in [0, 0.1) is 10.1 Å². The van der Waals surface area contributed by atoms with Crippen molar-refractivity contribution in [3.8, 4) is 0 Å². The number of rotatable bonds is 6. The number of non-ortho nitro benzene ring substituents is 1. The van der Waals surface area contributed by atoms with Crippen molar-refractivity contribution in [2.75, 3.05) is 11.9 Å². The maximum absolute atomic E-state index is 11.6. The first-order valence-electron chi connectivity index (χ1n) is 7.03. The first kappa shape index (κ1) is 16.9. The van der Waals surface area contributed by atoms with Gasteiger partial charge in [0.1, 0.15) is 6.61 Å². The number of ether oxygens (including phenoxy) is 1. The quantitative estimate of drug-likeness (QED) is 0.622. The number of carbonyl (C=O) groups is 2. The molecule has 8 heteroatoms. The molecule has 0 fully saturated rings. The van der Waals surface area contributed by atoms with E-state index >= 15 is 0 Å². The van der Waals surface area contributed by atoms with Gasteiger partial charge in [0.05, 0.1) is 11.5 Å². The van der Waals surface area contributed by atoms with E-state index < -0.39 is 16.9 Å². The SMILES string of the molecule is O=C(CNc1cccc([N+](=O)[O-])c1)NC(=O)OCc1ccccc1. The Morgan fingerprint density at radius 2 is 1.83 bits per heavy atom. The zero-order valence-corrected chi connectivity index (χ0v) is 12.6. The van der Waals surface area contributed by atoms with E-state index in [0.29, 0.717) is 5.69 Å². The molecule has 2 aromatic rings. The van der Waals surface area contributed by atoms with Crippen molar-refractivity contribution < 1.29 is 19.2 Å². The Hall–Kier alpha value is -3.42. The van der Waals surface area contributed by atoms with Crippen molar-refractivity contribution in [1.82, 2.24) is 5.32 Å². The molecule has 8 nitrogen and oxygen atoms in total. The second-order valence-electron chi connectivity index (χ2n) is 4.77. The van der Waals surface area contributed by atoms with Crippen LogP contribution in [0.2, 0.25) is 0 Å². The second kappa shape index (κ2) is 8.28. The third-order valence-corrected chi connectivity index (χ3v) is 2.96. The maximum atomic E-state index is 11.6. The van der Waals surface area contributed by atoms with Gasteiger partial charge < -0.3 is 10.1 Å². The van der Waals surface area contributed by atoms with Crippen molar-refractivity contribution in [2.45, 2.75) is 6.61 Å². The molecule has 0 saturated carbocycles. The number of alkyl carbamates (subject to hydrolysis) is 1. The first-order valence-corrected chi connectivity index (χ1v) is 7.03. The van der Waals surface area contributed by atoms with E-state index in [4.69, 9.17) is 4.74 Å². The minimum atomic E-state index is -0.857. The van der Waals surface area contributed by atoms with Crippen LogP contribution in [-0.4, -0.2) is 23.5 Å². The molecule has 2 N–H and O–H groups in total. The molecule has 2 amide bonds. The molecule has 0 aliphatic rings. The van der Waals surface area contributed by atoms with Crippen molar-refractivity contribution in [3.63, 3.8) is 0 Å². The number of nitrogens with one attached hydrogen (secondary N) is 2. The number of imide groups is 1. The molecular formula is C16H15N3O5. The zero-order valence-electron chi connectivity index (χ0n) is 12.6. The first-order chi connectivity index (χ1) is 11.5. The normalized spacial score (nSPS) is 9.83. The lowest BCUT2D eigenvalue weighted by atomic mass is 10.2. The van der Waals surface area contributed by atoms with E-state index in [1.165, 1.54) is 18.2 Å². The van der Waals surface area contributed by atoms with Gasteiger partial charge in [-0.15, -0.1) is 0 Å². The molecule has 0 aliphatic heterocycles. The number of hydrogen-bond donors (Lipinski definition) is 2. The number of nitro benzene ring substituents is 1. The molecule has 2 aromatic carbocycles. The molecule has 0 heterocycles.